The van der Waals surface area contributed by atoms with Crippen molar-refractivity contribution < 1.29 is 0 Å². The highest BCUT2D eigenvalue weighted by atomic mass is 35.5. The average molecular weight is 274 g/mol. The molecule has 96 valence electrons. The molecule has 0 radical (unpaired) electrons. The third-order valence-electron chi connectivity index (χ3n) is 2.73. The number of fused-ring (bicyclic) bond motifs is 1. The highest BCUT2D eigenvalue weighted by Crippen LogP contribution is 2.19. The Hall–Kier alpha value is -2.27. The molecule has 6 heteroatoms. The van der Waals surface area contributed by atoms with Crippen LogP contribution < -0.4 is 11.1 Å². The van der Waals surface area contributed by atoms with Crippen LogP contribution >= 0.6 is 11.6 Å². The SMILES string of the molecule is Nc1ccc2nc(Nc3cc(CCl)ccn3)[nH]c2c1. The minimum Gasteiger partial charge on any atom is -0.399 e. The number of hydrogen-bond donors (Lipinski definition) is 3. The fourth-order valence-corrected chi connectivity index (χ4v) is 2.00. The predicted octanol–water partition coefficient (Wildman–Crippen LogP) is 3.02. The molecule has 0 saturated carbocycles. The summed E-state index contributed by atoms with van der Waals surface area (Å²) in [5.74, 6) is 1.78. The Morgan fingerprint density at radius 2 is 2.16 bits per heavy atom. The van der Waals surface area contributed by atoms with Crippen molar-refractivity contribution >= 4 is 40.1 Å². The van der Waals surface area contributed by atoms with Crippen molar-refractivity contribution in [3.05, 3.63) is 42.1 Å². The number of rotatable bonds is 3. The molecular weight excluding hydrogens is 262 g/mol. The Labute approximate surface area is 114 Å². The smallest absolute Gasteiger partial charge is 0.206 e. The van der Waals surface area contributed by atoms with Crippen molar-refractivity contribution in [2.75, 3.05) is 11.1 Å². The summed E-state index contributed by atoms with van der Waals surface area (Å²) >= 11 is 5.79. The van der Waals surface area contributed by atoms with E-state index in [2.05, 4.69) is 20.3 Å². The van der Waals surface area contributed by atoms with Crippen molar-refractivity contribution in [1.82, 2.24) is 15.0 Å². The number of benzene rings is 1. The molecule has 1 aromatic carbocycles. The molecule has 3 rings (SSSR count). The molecule has 0 aliphatic rings. The van der Waals surface area contributed by atoms with Gasteiger partial charge in [0.25, 0.3) is 0 Å². The number of aromatic amines is 1. The Morgan fingerprint density at radius 3 is 3.00 bits per heavy atom. The van der Waals surface area contributed by atoms with Gasteiger partial charge in [-0.3, -0.25) is 0 Å². The minimum atomic E-state index is 0.452. The lowest BCUT2D eigenvalue weighted by Gasteiger charge is -2.02. The molecule has 2 aromatic heterocycles. The maximum absolute atomic E-state index is 5.79. The van der Waals surface area contributed by atoms with Crippen molar-refractivity contribution in [3.8, 4) is 0 Å². The third-order valence-corrected chi connectivity index (χ3v) is 3.04. The van der Waals surface area contributed by atoms with Gasteiger partial charge in [-0.05, 0) is 35.9 Å². The van der Waals surface area contributed by atoms with Crippen LogP contribution in [-0.4, -0.2) is 15.0 Å². The summed E-state index contributed by atoms with van der Waals surface area (Å²) in [5.41, 5.74) is 9.16. The number of nitrogens with one attached hydrogen (secondary N) is 2. The number of nitrogen functional groups attached to an aromatic ring is 1. The molecule has 0 unspecified atom stereocenters. The molecule has 0 aliphatic carbocycles. The van der Waals surface area contributed by atoms with Crippen LogP contribution in [0.3, 0.4) is 0 Å². The molecule has 4 N–H and O–H groups in total. The molecule has 0 fully saturated rings. The van der Waals surface area contributed by atoms with E-state index in [1.807, 2.05) is 30.3 Å². The Morgan fingerprint density at radius 1 is 1.26 bits per heavy atom. The summed E-state index contributed by atoms with van der Waals surface area (Å²) in [6.45, 7) is 0. The lowest BCUT2D eigenvalue weighted by Crippen LogP contribution is -1.95. The predicted molar refractivity (Wildman–Crippen MR) is 77.6 cm³/mol. The van der Waals surface area contributed by atoms with E-state index in [1.165, 1.54) is 0 Å². The summed E-state index contributed by atoms with van der Waals surface area (Å²) < 4.78 is 0. The molecule has 0 amide bonds. The summed E-state index contributed by atoms with van der Waals surface area (Å²) in [6, 6.07) is 9.29. The van der Waals surface area contributed by atoms with Crippen molar-refractivity contribution in [2.45, 2.75) is 5.88 Å². The van der Waals surface area contributed by atoms with Crippen LogP contribution in [0.25, 0.3) is 11.0 Å². The fraction of sp³-hybridized carbons (Fsp3) is 0.0769. The van der Waals surface area contributed by atoms with Gasteiger partial charge in [-0.1, -0.05) is 0 Å². The number of alkyl halides is 1. The molecule has 0 spiro atoms. The monoisotopic (exact) mass is 273 g/mol. The molecule has 2 heterocycles. The van der Waals surface area contributed by atoms with Crippen LogP contribution in [0.15, 0.2) is 36.5 Å². The topological polar surface area (TPSA) is 79.6 Å². The van der Waals surface area contributed by atoms with Crippen molar-refractivity contribution in [3.63, 3.8) is 0 Å². The second-order valence-electron chi connectivity index (χ2n) is 4.17. The lowest BCUT2D eigenvalue weighted by molar-refractivity contribution is 1.22. The zero-order chi connectivity index (χ0) is 13.2. The summed E-state index contributed by atoms with van der Waals surface area (Å²) in [7, 11) is 0. The van der Waals surface area contributed by atoms with Crippen molar-refractivity contribution in [2.24, 2.45) is 0 Å². The maximum Gasteiger partial charge on any atom is 0.206 e. The number of imidazole rings is 1. The highest BCUT2D eigenvalue weighted by molar-refractivity contribution is 6.17. The number of nitrogens with two attached hydrogens (primary N) is 1. The Bertz CT molecular complexity index is 722. The number of H-pyrrole nitrogens is 1. The molecule has 19 heavy (non-hydrogen) atoms. The van der Waals surface area contributed by atoms with Crippen LogP contribution in [0.2, 0.25) is 0 Å². The van der Waals surface area contributed by atoms with Gasteiger partial charge < -0.3 is 16.0 Å². The average Bonchev–Trinajstić information content (AvgIpc) is 2.80. The van der Waals surface area contributed by atoms with Crippen LogP contribution in [0, 0.1) is 0 Å². The van der Waals surface area contributed by atoms with E-state index in [1.54, 1.807) is 6.20 Å². The summed E-state index contributed by atoms with van der Waals surface area (Å²) in [5, 5.41) is 3.11. The number of aromatic nitrogens is 3. The quantitative estimate of drug-likeness (QED) is 0.506. The van der Waals surface area contributed by atoms with Crippen molar-refractivity contribution in [1.29, 1.82) is 0 Å². The summed E-state index contributed by atoms with van der Waals surface area (Å²) in [6.07, 6.45) is 1.71. The van der Waals surface area contributed by atoms with Gasteiger partial charge >= 0.3 is 0 Å². The zero-order valence-electron chi connectivity index (χ0n) is 10.0. The molecule has 0 aliphatic heterocycles. The number of halogens is 1. The van der Waals surface area contributed by atoms with E-state index in [0.29, 0.717) is 23.3 Å². The van der Waals surface area contributed by atoms with Gasteiger partial charge in [-0.2, -0.15) is 0 Å². The van der Waals surface area contributed by atoms with Crippen LogP contribution in [0.5, 0.6) is 0 Å². The van der Waals surface area contributed by atoms with E-state index < -0.39 is 0 Å². The molecule has 0 saturated heterocycles. The number of nitrogens with zero attached hydrogens (tertiary/aromatic N) is 2. The molecule has 0 atom stereocenters. The van der Waals surface area contributed by atoms with Gasteiger partial charge in [0.2, 0.25) is 5.95 Å². The Balaban J connectivity index is 1.92. The van der Waals surface area contributed by atoms with Gasteiger partial charge in [0.15, 0.2) is 0 Å². The third kappa shape index (κ3) is 2.46. The minimum absolute atomic E-state index is 0.452. The number of pyridine rings is 1. The van der Waals surface area contributed by atoms with Gasteiger partial charge in [-0.15, -0.1) is 11.6 Å². The number of hydrogen-bond acceptors (Lipinski definition) is 4. The molecule has 0 bridgehead atoms. The highest BCUT2D eigenvalue weighted by Gasteiger charge is 2.04. The normalized spacial score (nSPS) is 10.8. The molecular formula is C13H12ClN5. The molecule has 3 aromatic rings. The van der Waals surface area contributed by atoms with Gasteiger partial charge in [-0.25, -0.2) is 9.97 Å². The first kappa shape index (κ1) is 11.8. The molecule has 5 nitrogen and oxygen atoms in total. The van der Waals surface area contributed by atoms with Crippen LogP contribution in [-0.2, 0) is 5.88 Å². The van der Waals surface area contributed by atoms with E-state index in [9.17, 15) is 0 Å². The van der Waals surface area contributed by atoms with Gasteiger partial charge in [0.1, 0.15) is 5.82 Å². The lowest BCUT2D eigenvalue weighted by atomic mass is 10.3. The number of anilines is 3. The van der Waals surface area contributed by atoms with Crippen LogP contribution in [0.4, 0.5) is 17.5 Å². The largest absolute Gasteiger partial charge is 0.399 e. The van der Waals surface area contributed by atoms with Gasteiger partial charge in [0, 0.05) is 17.8 Å². The van der Waals surface area contributed by atoms with E-state index in [-0.39, 0.29) is 0 Å². The fourth-order valence-electron chi connectivity index (χ4n) is 1.83. The second-order valence-corrected chi connectivity index (χ2v) is 4.44. The first-order valence-electron chi connectivity index (χ1n) is 5.78. The standard InChI is InChI=1S/C13H12ClN5/c14-7-8-3-4-16-12(5-8)19-13-17-10-2-1-9(15)6-11(10)18-13/h1-6H,7,15H2,(H2,16,17,18,19). The maximum atomic E-state index is 5.79. The first-order valence-corrected chi connectivity index (χ1v) is 6.31. The van der Waals surface area contributed by atoms with E-state index in [0.717, 1.165) is 16.6 Å². The first-order chi connectivity index (χ1) is 9.24. The second kappa shape index (κ2) is 4.78. The summed E-state index contributed by atoms with van der Waals surface area (Å²) in [4.78, 5) is 11.8. The van der Waals surface area contributed by atoms with E-state index in [4.69, 9.17) is 17.3 Å². The van der Waals surface area contributed by atoms with Crippen LogP contribution in [0.1, 0.15) is 5.56 Å². The van der Waals surface area contributed by atoms with Gasteiger partial charge in [0.05, 0.1) is 11.0 Å². The Kier molecular flexibility index (Phi) is 2.97. The zero-order valence-corrected chi connectivity index (χ0v) is 10.8. The van der Waals surface area contributed by atoms with E-state index >= 15 is 0 Å².